The Morgan fingerprint density at radius 1 is 1.28 bits per heavy atom. The third-order valence-electron chi connectivity index (χ3n) is 4.51. The van der Waals surface area contributed by atoms with E-state index in [0.29, 0.717) is 28.6 Å². The largest absolute Gasteiger partial charge is 0.349 e. The van der Waals surface area contributed by atoms with Crippen LogP contribution < -0.4 is 15.5 Å². The van der Waals surface area contributed by atoms with Crippen LogP contribution in [0.4, 0.5) is 17.2 Å². The predicted octanol–water partition coefficient (Wildman–Crippen LogP) is 1.96. The summed E-state index contributed by atoms with van der Waals surface area (Å²) in [5.41, 5.74) is 2.25. The van der Waals surface area contributed by atoms with E-state index in [9.17, 15) is 9.59 Å². The van der Waals surface area contributed by atoms with Gasteiger partial charge in [0.25, 0.3) is 5.91 Å². The van der Waals surface area contributed by atoms with Gasteiger partial charge in [-0.15, -0.1) is 5.10 Å². The van der Waals surface area contributed by atoms with Crippen LogP contribution in [0.2, 0.25) is 0 Å². The summed E-state index contributed by atoms with van der Waals surface area (Å²) in [5.74, 6) is 0.777. The minimum atomic E-state index is -0.330. The normalized spacial score (nSPS) is 13.2. The molecular formula is C19H20N8O2. The van der Waals surface area contributed by atoms with E-state index in [-0.39, 0.29) is 24.4 Å². The van der Waals surface area contributed by atoms with Crippen LogP contribution >= 0.6 is 0 Å². The molecule has 0 atom stereocenters. The Kier molecular flexibility index (Phi) is 4.67. The van der Waals surface area contributed by atoms with Gasteiger partial charge in [0, 0.05) is 24.5 Å². The Bertz CT molecular complexity index is 1090. The van der Waals surface area contributed by atoms with Gasteiger partial charge in [-0.1, -0.05) is 12.1 Å². The molecular weight excluding hydrogens is 372 g/mol. The number of carbonyl (C=O) groups is 2. The first kappa shape index (κ1) is 18.5. The van der Waals surface area contributed by atoms with E-state index in [2.05, 4.69) is 31.1 Å². The first-order valence-corrected chi connectivity index (χ1v) is 9.13. The second-order valence-corrected chi connectivity index (χ2v) is 7.08. The smallest absolute Gasteiger partial charge is 0.257 e. The lowest BCUT2D eigenvalue weighted by Gasteiger charge is -2.26. The highest BCUT2D eigenvalue weighted by molar-refractivity contribution is 6.07. The monoisotopic (exact) mass is 392 g/mol. The average molecular weight is 392 g/mol. The summed E-state index contributed by atoms with van der Waals surface area (Å²) in [5, 5.41) is 17.4. The molecule has 1 aromatic carbocycles. The van der Waals surface area contributed by atoms with Crippen LogP contribution in [0.5, 0.6) is 0 Å². The zero-order valence-corrected chi connectivity index (χ0v) is 16.2. The molecule has 0 bridgehead atoms. The number of carbonyl (C=O) groups excluding carboxylic acids is 2. The van der Waals surface area contributed by atoms with Gasteiger partial charge < -0.3 is 15.5 Å². The number of nitrogens with zero attached hydrogens (tertiary/aromatic N) is 6. The number of pyridine rings is 1. The van der Waals surface area contributed by atoms with E-state index < -0.39 is 0 Å². The van der Waals surface area contributed by atoms with E-state index >= 15 is 0 Å². The molecule has 1 aliphatic rings. The van der Waals surface area contributed by atoms with Gasteiger partial charge in [0.1, 0.15) is 0 Å². The maximum Gasteiger partial charge on any atom is 0.257 e. The van der Waals surface area contributed by atoms with Gasteiger partial charge in [0.15, 0.2) is 11.6 Å². The highest BCUT2D eigenvalue weighted by atomic mass is 16.2. The van der Waals surface area contributed by atoms with Gasteiger partial charge in [-0.2, -0.15) is 0 Å². The van der Waals surface area contributed by atoms with Crippen molar-refractivity contribution in [3.8, 4) is 11.4 Å². The molecule has 0 saturated carbocycles. The summed E-state index contributed by atoms with van der Waals surface area (Å²) in [7, 11) is 1.78. The first-order valence-electron chi connectivity index (χ1n) is 9.13. The fraction of sp³-hybridized carbons (Fsp3) is 0.263. The average Bonchev–Trinajstić information content (AvgIpc) is 3.18. The van der Waals surface area contributed by atoms with Crippen LogP contribution in [0.15, 0.2) is 36.5 Å². The maximum absolute atomic E-state index is 12.7. The molecule has 2 N–H and O–H groups in total. The second-order valence-electron chi connectivity index (χ2n) is 7.08. The number of anilines is 3. The van der Waals surface area contributed by atoms with Crippen molar-refractivity contribution in [1.82, 2.24) is 25.2 Å². The van der Waals surface area contributed by atoms with Gasteiger partial charge in [-0.25, -0.2) is 9.67 Å². The minimum absolute atomic E-state index is 0.105. The lowest BCUT2D eigenvalue weighted by Crippen LogP contribution is -2.36. The predicted molar refractivity (Wildman–Crippen MR) is 108 cm³/mol. The maximum atomic E-state index is 12.7. The molecule has 10 heteroatoms. The Morgan fingerprint density at radius 2 is 2.10 bits per heavy atom. The molecule has 0 unspecified atom stereocenters. The number of amides is 2. The van der Waals surface area contributed by atoms with Crippen molar-refractivity contribution in [2.45, 2.75) is 19.9 Å². The molecule has 3 aromatic rings. The van der Waals surface area contributed by atoms with Crippen LogP contribution in [0.1, 0.15) is 30.2 Å². The second kappa shape index (κ2) is 7.30. The van der Waals surface area contributed by atoms with Gasteiger partial charge in [0.2, 0.25) is 5.91 Å². The van der Waals surface area contributed by atoms with Crippen LogP contribution in [0.3, 0.4) is 0 Å². The number of likely N-dealkylation sites (N-methyl/N-ethyl adjacent to an activating group) is 1. The number of benzene rings is 1. The fourth-order valence-corrected chi connectivity index (χ4v) is 3.13. The number of hydrogen-bond donors (Lipinski definition) is 2. The lowest BCUT2D eigenvalue weighted by molar-refractivity contribution is -0.115. The minimum Gasteiger partial charge on any atom is -0.349 e. The van der Waals surface area contributed by atoms with Crippen molar-refractivity contribution in [1.29, 1.82) is 0 Å². The Balaban J connectivity index is 1.57. The molecule has 0 fully saturated rings. The van der Waals surface area contributed by atoms with Crippen molar-refractivity contribution in [2.75, 3.05) is 29.1 Å². The number of aromatic nitrogens is 5. The highest BCUT2D eigenvalue weighted by Crippen LogP contribution is 2.27. The van der Waals surface area contributed by atoms with E-state index in [0.717, 1.165) is 5.56 Å². The zero-order valence-electron chi connectivity index (χ0n) is 16.2. The third kappa shape index (κ3) is 3.64. The Morgan fingerprint density at radius 3 is 2.90 bits per heavy atom. The first-order chi connectivity index (χ1) is 13.9. The SMILES string of the molecule is CC(C)n1nnnc1-c1cccc(NC(=O)c2cnc3c(c2)NC(=O)CN3C)c1. The van der Waals surface area contributed by atoms with Crippen LogP contribution in [0, 0.1) is 0 Å². The van der Waals surface area contributed by atoms with E-state index in [1.807, 2.05) is 32.0 Å². The molecule has 0 radical (unpaired) electrons. The van der Waals surface area contributed by atoms with Gasteiger partial charge in [-0.05, 0) is 42.5 Å². The molecule has 1 aliphatic heterocycles. The van der Waals surface area contributed by atoms with Crippen molar-refractivity contribution in [3.63, 3.8) is 0 Å². The molecule has 3 heterocycles. The van der Waals surface area contributed by atoms with Crippen molar-refractivity contribution >= 4 is 29.0 Å². The van der Waals surface area contributed by atoms with Crippen LogP contribution in [-0.2, 0) is 4.79 Å². The summed E-state index contributed by atoms with van der Waals surface area (Å²) < 4.78 is 1.72. The number of tetrazole rings is 1. The quantitative estimate of drug-likeness (QED) is 0.697. The Labute approximate surface area is 166 Å². The molecule has 10 nitrogen and oxygen atoms in total. The van der Waals surface area contributed by atoms with Crippen LogP contribution in [0.25, 0.3) is 11.4 Å². The molecule has 148 valence electrons. The fourth-order valence-electron chi connectivity index (χ4n) is 3.13. The number of fused-ring (bicyclic) bond motifs is 1. The molecule has 29 heavy (non-hydrogen) atoms. The third-order valence-corrected chi connectivity index (χ3v) is 4.51. The summed E-state index contributed by atoms with van der Waals surface area (Å²) in [6.45, 7) is 4.21. The summed E-state index contributed by atoms with van der Waals surface area (Å²) in [6, 6.07) is 9.02. The summed E-state index contributed by atoms with van der Waals surface area (Å²) >= 11 is 0. The highest BCUT2D eigenvalue weighted by Gasteiger charge is 2.22. The lowest BCUT2D eigenvalue weighted by atomic mass is 10.1. The molecule has 4 rings (SSSR count). The van der Waals surface area contributed by atoms with Crippen molar-refractivity contribution < 1.29 is 9.59 Å². The molecule has 0 spiro atoms. The molecule has 0 aliphatic carbocycles. The zero-order chi connectivity index (χ0) is 20.5. The van der Waals surface area contributed by atoms with Crippen molar-refractivity contribution in [3.05, 3.63) is 42.1 Å². The van der Waals surface area contributed by atoms with E-state index in [4.69, 9.17) is 0 Å². The van der Waals surface area contributed by atoms with Crippen molar-refractivity contribution in [2.24, 2.45) is 0 Å². The number of hydrogen-bond acceptors (Lipinski definition) is 7. The molecule has 0 saturated heterocycles. The van der Waals surface area contributed by atoms with Gasteiger partial charge in [0.05, 0.1) is 23.8 Å². The standard InChI is InChI=1S/C19H20N8O2/c1-11(2)27-17(23-24-25-27)12-5-4-6-14(7-12)21-19(29)13-8-15-18(20-9-13)26(3)10-16(28)22-15/h4-9,11H,10H2,1-3H3,(H,21,29)(H,22,28). The van der Waals surface area contributed by atoms with E-state index in [1.54, 1.807) is 28.8 Å². The van der Waals surface area contributed by atoms with Gasteiger partial charge in [-0.3, -0.25) is 9.59 Å². The number of rotatable bonds is 4. The van der Waals surface area contributed by atoms with Gasteiger partial charge >= 0.3 is 0 Å². The Hall–Kier alpha value is -3.82. The summed E-state index contributed by atoms with van der Waals surface area (Å²) in [4.78, 5) is 30.5. The van der Waals surface area contributed by atoms with E-state index in [1.165, 1.54) is 6.20 Å². The summed E-state index contributed by atoms with van der Waals surface area (Å²) in [6.07, 6.45) is 1.49. The number of nitrogens with one attached hydrogen (secondary N) is 2. The van der Waals surface area contributed by atoms with Crippen LogP contribution in [-0.4, -0.2) is 50.6 Å². The topological polar surface area (TPSA) is 118 Å². The molecule has 2 amide bonds. The molecule has 2 aromatic heterocycles.